The topological polar surface area (TPSA) is 89.5 Å². The Labute approximate surface area is 184 Å². The molecule has 0 aliphatic rings. The molecule has 0 heterocycles. The first-order chi connectivity index (χ1) is 14.5. The molecule has 31 heavy (non-hydrogen) atoms. The summed E-state index contributed by atoms with van der Waals surface area (Å²) < 4.78 is 32.4. The van der Waals surface area contributed by atoms with Gasteiger partial charge in [0.05, 0.1) is 0 Å². The summed E-state index contributed by atoms with van der Waals surface area (Å²) in [5, 5.41) is 1.01. The highest BCUT2D eigenvalue weighted by molar-refractivity contribution is 7.92. The zero-order valence-corrected chi connectivity index (χ0v) is 19.3. The fourth-order valence-electron chi connectivity index (χ4n) is 2.97. The van der Waals surface area contributed by atoms with Crippen molar-refractivity contribution in [1.82, 2.24) is 4.72 Å². The summed E-state index contributed by atoms with van der Waals surface area (Å²) in [4.78, 5) is 25.1. The molecule has 0 saturated carbocycles. The van der Waals surface area contributed by atoms with Crippen molar-refractivity contribution in [3.63, 3.8) is 0 Å². The predicted molar refractivity (Wildman–Crippen MR) is 122 cm³/mol. The molecule has 2 rings (SSSR count). The summed E-state index contributed by atoms with van der Waals surface area (Å²) in [7, 11) is -3.89. The Morgan fingerprint density at radius 1 is 1.00 bits per heavy atom. The number of hydrogen-bond acceptors (Lipinski definition) is 5. The standard InChI is InChI=1S/C24H29NO5S/c1-16(2)23(25-31(28,29)12-11-20-9-7-6-8-10-20)24(27)30-15-22(26)21-14-18(4)17(3)13-19(21)5/h6-14,16,23,25H,15H2,1-5H3. The minimum absolute atomic E-state index is 0.330. The van der Waals surface area contributed by atoms with Gasteiger partial charge in [-0.1, -0.05) is 50.2 Å². The van der Waals surface area contributed by atoms with Gasteiger partial charge in [0.1, 0.15) is 6.04 Å². The zero-order chi connectivity index (χ0) is 23.2. The van der Waals surface area contributed by atoms with Gasteiger partial charge >= 0.3 is 5.97 Å². The van der Waals surface area contributed by atoms with E-state index < -0.39 is 28.6 Å². The normalized spacial score (nSPS) is 12.8. The Morgan fingerprint density at radius 2 is 1.61 bits per heavy atom. The van der Waals surface area contributed by atoms with E-state index in [2.05, 4.69) is 4.72 Å². The number of aryl methyl sites for hydroxylation is 3. The molecule has 2 aromatic carbocycles. The van der Waals surface area contributed by atoms with Crippen LogP contribution in [0.4, 0.5) is 0 Å². The quantitative estimate of drug-likeness (QED) is 0.468. The number of ether oxygens (including phenoxy) is 1. The number of rotatable bonds is 9. The predicted octanol–water partition coefficient (Wildman–Crippen LogP) is 3.95. The average Bonchev–Trinajstić information content (AvgIpc) is 2.72. The summed E-state index contributed by atoms with van der Waals surface area (Å²) >= 11 is 0. The van der Waals surface area contributed by atoms with Crippen molar-refractivity contribution in [1.29, 1.82) is 0 Å². The molecule has 1 unspecified atom stereocenters. The molecular formula is C24H29NO5S. The van der Waals surface area contributed by atoms with E-state index in [1.54, 1.807) is 44.2 Å². The second-order valence-electron chi connectivity index (χ2n) is 7.88. The minimum Gasteiger partial charge on any atom is -0.456 e. The molecule has 0 spiro atoms. The van der Waals surface area contributed by atoms with Crippen LogP contribution in [0.2, 0.25) is 0 Å². The van der Waals surface area contributed by atoms with Crippen molar-refractivity contribution in [2.75, 3.05) is 6.61 Å². The maximum atomic E-state index is 12.6. The number of sulfonamides is 1. The lowest BCUT2D eigenvalue weighted by molar-refractivity contribution is -0.145. The molecule has 0 aliphatic carbocycles. The number of carbonyl (C=O) groups is 2. The molecule has 0 saturated heterocycles. The van der Waals surface area contributed by atoms with Crippen LogP contribution >= 0.6 is 0 Å². The largest absolute Gasteiger partial charge is 0.456 e. The maximum absolute atomic E-state index is 12.6. The van der Waals surface area contributed by atoms with Crippen LogP contribution in [0, 0.1) is 26.7 Å². The third kappa shape index (κ3) is 7.15. The van der Waals surface area contributed by atoms with Crippen molar-refractivity contribution >= 4 is 27.9 Å². The van der Waals surface area contributed by atoms with Crippen LogP contribution in [-0.4, -0.2) is 32.8 Å². The van der Waals surface area contributed by atoms with Crippen molar-refractivity contribution in [2.24, 2.45) is 5.92 Å². The van der Waals surface area contributed by atoms with Gasteiger partial charge in [-0.2, -0.15) is 4.72 Å². The average molecular weight is 444 g/mol. The first-order valence-electron chi connectivity index (χ1n) is 10.0. The highest BCUT2D eigenvalue weighted by Crippen LogP contribution is 2.16. The molecule has 1 atom stereocenters. The van der Waals surface area contributed by atoms with Gasteiger partial charge in [0.25, 0.3) is 0 Å². The fraction of sp³-hybridized carbons (Fsp3) is 0.333. The summed E-state index contributed by atoms with van der Waals surface area (Å²) in [6, 6.07) is 11.5. The van der Waals surface area contributed by atoms with Crippen LogP contribution in [-0.2, 0) is 19.6 Å². The Balaban J connectivity index is 2.06. The van der Waals surface area contributed by atoms with Crippen LogP contribution in [0.3, 0.4) is 0 Å². The van der Waals surface area contributed by atoms with Crippen molar-refractivity contribution in [2.45, 2.75) is 40.7 Å². The number of hydrogen-bond donors (Lipinski definition) is 1. The summed E-state index contributed by atoms with van der Waals surface area (Å²) in [6.45, 7) is 8.64. The van der Waals surface area contributed by atoms with Crippen LogP contribution < -0.4 is 4.72 Å². The SMILES string of the molecule is Cc1cc(C)c(C(=O)COC(=O)C(NS(=O)(=O)C=Cc2ccccc2)C(C)C)cc1C. The van der Waals surface area contributed by atoms with Gasteiger partial charge in [-0.15, -0.1) is 0 Å². The minimum atomic E-state index is -3.89. The molecule has 0 bridgehead atoms. The van der Waals surface area contributed by atoms with Gasteiger partial charge in [-0.3, -0.25) is 9.59 Å². The third-order valence-corrected chi connectivity index (χ3v) is 6.01. The van der Waals surface area contributed by atoms with E-state index in [0.717, 1.165) is 22.1 Å². The van der Waals surface area contributed by atoms with E-state index >= 15 is 0 Å². The maximum Gasteiger partial charge on any atom is 0.324 e. The van der Waals surface area contributed by atoms with E-state index in [-0.39, 0.29) is 11.7 Å². The molecule has 7 heteroatoms. The number of ketones is 1. The third-order valence-electron chi connectivity index (χ3n) is 4.94. The first kappa shape index (κ1) is 24.5. The van der Waals surface area contributed by atoms with Gasteiger partial charge in [-0.25, -0.2) is 8.42 Å². The second kappa shape index (κ2) is 10.5. The zero-order valence-electron chi connectivity index (χ0n) is 18.5. The second-order valence-corrected chi connectivity index (χ2v) is 9.48. The molecule has 0 radical (unpaired) electrons. The Hall–Kier alpha value is -2.77. The van der Waals surface area contributed by atoms with Gasteiger partial charge < -0.3 is 4.74 Å². The van der Waals surface area contributed by atoms with Crippen LogP contribution in [0.25, 0.3) is 6.08 Å². The molecule has 166 valence electrons. The lowest BCUT2D eigenvalue weighted by atomic mass is 9.98. The number of carbonyl (C=O) groups excluding carboxylic acids is 2. The highest BCUT2D eigenvalue weighted by Gasteiger charge is 2.28. The van der Waals surface area contributed by atoms with Crippen LogP contribution in [0.15, 0.2) is 47.9 Å². The van der Waals surface area contributed by atoms with Gasteiger partial charge in [0.2, 0.25) is 15.8 Å². The Morgan fingerprint density at radius 3 is 2.23 bits per heavy atom. The lowest BCUT2D eigenvalue weighted by Gasteiger charge is -2.20. The number of benzene rings is 2. The summed E-state index contributed by atoms with van der Waals surface area (Å²) in [6.07, 6.45) is 1.44. The lowest BCUT2D eigenvalue weighted by Crippen LogP contribution is -2.45. The molecular weight excluding hydrogens is 414 g/mol. The number of esters is 1. The number of nitrogens with one attached hydrogen (secondary N) is 1. The molecule has 6 nitrogen and oxygen atoms in total. The van der Waals surface area contributed by atoms with Crippen molar-refractivity contribution in [3.05, 3.63) is 75.7 Å². The monoisotopic (exact) mass is 443 g/mol. The van der Waals surface area contributed by atoms with Gasteiger partial charge in [0, 0.05) is 11.0 Å². The van der Waals surface area contributed by atoms with E-state index in [9.17, 15) is 18.0 Å². The van der Waals surface area contributed by atoms with Crippen molar-refractivity contribution in [3.8, 4) is 0 Å². The van der Waals surface area contributed by atoms with Crippen LogP contribution in [0.1, 0.15) is 46.5 Å². The van der Waals surface area contributed by atoms with Gasteiger partial charge in [-0.05, 0) is 61.1 Å². The van der Waals surface area contributed by atoms with Gasteiger partial charge in [0.15, 0.2) is 6.61 Å². The fourth-order valence-corrected chi connectivity index (χ4v) is 4.11. The van der Waals surface area contributed by atoms with Crippen LogP contribution in [0.5, 0.6) is 0 Å². The first-order valence-corrected chi connectivity index (χ1v) is 11.6. The van der Waals surface area contributed by atoms with E-state index in [0.29, 0.717) is 11.1 Å². The van der Waals surface area contributed by atoms with E-state index in [1.807, 2.05) is 32.9 Å². The molecule has 0 aromatic heterocycles. The Kier molecular flexibility index (Phi) is 8.30. The highest BCUT2D eigenvalue weighted by atomic mass is 32.2. The van der Waals surface area contributed by atoms with E-state index in [4.69, 9.17) is 4.74 Å². The summed E-state index contributed by atoms with van der Waals surface area (Å²) in [5.74, 6) is -1.49. The Bertz CT molecular complexity index is 1070. The molecule has 0 aliphatic heterocycles. The molecule has 0 fully saturated rings. The smallest absolute Gasteiger partial charge is 0.324 e. The molecule has 2 aromatic rings. The molecule has 1 N–H and O–H groups in total. The van der Waals surface area contributed by atoms with Crippen molar-refractivity contribution < 1.29 is 22.7 Å². The summed E-state index contributed by atoms with van der Waals surface area (Å²) in [5.41, 5.74) is 4.05. The molecule has 0 amide bonds. The number of Topliss-reactive ketones (excluding diaryl/α,β-unsaturated/α-hetero) is 1. The van der Waals surface area contributed by atoms with E-state index in [1.165, 1.54) is 6.08 Å².